The smallest absolute Gasteiger partial charge is 0.410 e. The highest BCUT2D eigenvalue weighted by Crippen LogP contribution is 2.38. The highest BCUT2D eigenvalue weighted by molar-refractivity contribution is 9.10. The Morgan fingerprint density at radius 3 is 1.81 bits per heavy atom. The van der Waals surface area contributed by atoms with Crippen LogP contribution in [0.15, 0.2) is 58.0 Å². The molecule has 2 fully saturated rings. The van der Waals surface area contributed by atoms with Gasteiger partial charge in [-0.25, -0.2) is 19.6 Å². The van der Waals surface area contributed by atoms with Gasteiger partial charge < -0.3 is 30.7 Å². The van der Waals surface area contributed by atoms with E-state index < -0.39 is 11.2 Å². The number of thiophene rings is 2. The molecule has 302 valence electrons. The SMILES string of the molecule is CC(C)(C)OC(=O)N1CCCC(c2cc(N)n3ncc(-c4cccs4)c3n2)C1.CC(C)(C)OC(=O)N1CCCC(c2nc3c(-c4cccs4)cnn3c(N)c2Br)C1. The van der Waals surface area contributed by atoms with E-state index in [2.05, 4.69) is 32.2 Å². The molecule has 2 aliphatic rings. The van der Waals surface area contributed by atoms with Crippen LogP contribution in [0, 0.1) is 0 Å². The molecule has 0 bridgehead atoms. The number of nitrogens with zero attached hydrogens (tertiary/aromatic N) is 8. The molecule has 2 atom stereocenters. The van der Waals surface area contributed by atoms with Crippen molar-refractivity contribution in [1.29, 1.82) is 0 Å². The summed E-state index contributed by atoms with van der Waals surface area (Å²) in [4.78, 5) is 40.6. The zero-order valence-electron chi connectivity index (χ0n) is 33.1. The fourth-order valence-corrected chi connectivity index (χ4v) is 9.16. The normalized spacial score (nSPS) is 17.7. The van der Waals surface area contributed by atoms with Crippen molar-refractivity contribution in [3.63, 3.8) is 0 Å². The number of piperidine rings is 2. The average Bonchev–Trinajstić information content (AvgIpc) is 3.99. The molecule has 0 saturated carbocycles. The summed E-state index contributed by atoms with van der Waals surface area (Å²) >= 11 is 6.91. The Labute approximate surface area is 348 Å². The third-order valence-electron chi connectivity index (χ3n) is 9.69. The lowest BCUT2D eigenvalue weighted by molar-refractivity contribution is 0.0187. The highest BCUT2D eigenvalue weighted by atomic mass is 79.9. The summed E-state index contributed by atoms with van der Waals surface area (Å²) in [5.74, 6) is 1.27. The predicted molar refractivity (Wildman–Crippen MR) is 229 cm³/mol. The molecule has 2 unspecified atom stereocenters. The molecule has 6 aromatic heterocycles. The summed E-state index contributed by atoms with van der Waals surface area (Å²) < 4.78 is 15.2. The summed E-state index contributed by atoms with van der Waals surface area (Å²) in [6.45, 7) is 13.8. The molecule has 8 heterocycles. The first kappa shape index (κ1) is 40.5. The van der Waals surface area contributed by atoms with E-state index in [0.717, 1.165) is 73.7 Å². The summed E-state index contributed by atoms with van der Waals surface area (Å²) in [5, 5.41) is 12.9. The van der Waals surface area contributed by atoms with E-state index in [4.69, 9.17) is 30.9 Å². The molecular formula is C40H49BrN10O4S2. The highest BCUT2D eigenvalue weighted by Gasteiger charge is 2.32. The van der Waals surface area contributed by atoms with Gasteiger partial charge in [-0.2, -0.15) is 19.2 Å². The number of hydrogen-bond acceptors (Lipinski definition) is 12. The molecular weight excluding hydrogens is 829 g/mol. The van der Waals surface area contributed by atoms with E-state index in [1.54, 1.807) is 47.7 Å². The maximum absolute atomic E-state index is 12.6. The Balaban J connectivity index is 0.000000174. The Hall–Kier alpha value is -4.74. The van der Waals surface area contributed by atoms with Gasteiger partial charge >= 0.3 is 12.2 Å². The first-order valence-corrected chi connectivity index (χ1v) is 21.6. The van der Waals surface area contributed by atoms with Crippen molar-refractivity contribution < 1.29 is 19.1 Å². The molecule has 0 aromatic carbocycles. The van der Waals surface area contributed by atoms with Gasteiger partial charge in [-0.1, -0.05) is 12.1 Å². The molecule has 17 heteroatoms. The van der Waals surface area contributed by atoms with Crippen LogP contribution in [-0.2, 0) is 9.47 Å². The van der Waals surface area contributed by atoms with Crippen molar-refractivity contribution in [2.24, 2.45) is 0 Å². The Morgan fingerprint density at radius 2 is 1.28 bits per heavy atom. The zero-order valence-corrected chi connectivity index (χ0v) is 36.3. The minimum Gasteiger partial charge on any atom is -0.444 e. The standard InChI is InChI=1S/C20H24BrN5O2S.C20H25N5O2S/c1-20(2,3)28-19(27)25-8-4-6-12(11-25)16-15(21)17(22)26-18(24-16)13(10-23-26)14-7-5-9-29-14;1-20(2,3)27-19(26)24-8-4-6-13(12-24)15-10-17(21)25-18(23-15)14(11-22-25)16-7-5-9-28-16/h5,7,9-10,12H,4,6,8,11,22H2,1-3H3;5,7,9-11,13H,4,6,8,12,21H2,1-3H3. The van der Waals surface area contributed by atoms with Crippen molar-refractivity contribution in [3.05, 3.63) is 69.3 Å². The minimum atomic E-state index is -0.514. The number of carbonyl (C=O) groups is 2. The van der Waals surface area contributed by atoms with Crippen LogP contribution >= 0.6 is 38.6 Å². The van der Waals surface area contributed by atoms with Gasteiger partial charge in [0.2, 0.25) is 0 Å². The zero-order chi connectivity index (χ0) is 40.6. The second-order valence-corrected chi connectivity index (χ2v) is 19.1. The van der Waals surface area contributed by atoms with Gasteiger partial charge in [-0.05, 0) is 106 Å². The fraction of sp³-hybridized carbons (Fsp3) is 0.450. The third-order valence-corrected chi connectivity index (χ3v) is 12.3. The second-order valence-electron chi connectivity index (χ2n) is 16.4. The van der Waals surface area contributed by atoms with E-state index >= 15 is 0 Å². The number of ether oxygens (including phenoxy) is 2. The van der Waals surface area contributed by atoms with Crippen LogP contribution < -0.4 is 11.5 Å². The molecule has 2 aliphatic heterocycles. The van der Waals surface area contributed by atoms with Gasteiger partial charge in [-0.15, -0.1) is 22.7 Å². The molecule has 57 heavy (non-hydrogen) atoms. The number of likely N-dealkylation sites (tertiary alicyclic amines) is 2. The number of aromatic nitrogens is 6. The van der Waals surface area contributed by atoms with E-state index in [1.165, 1.54) is 0 Å². The Kier molecular flexibility index (Phi) is 11.5. The summed E-state index contributed by atoms with van der Waals surface area (Å²) in [6.07, 6.45) is 6.75. The number of anilines is 2. The molecule has 6 aromatic rings. The maximum Gasteiger partial charge on any atom is 0.410 e. The molecule has 0 aliphatic carbocycles. The van der Waals surface area contributed by atoms with Gasteiger partial charge in [0, 0.05) is 53.8 Å². The van der Waals surface area contributed by atoms with Crippen LogP contribution in [0.5, 0.6) is 0 Å². The molecule has 2 saturated heterocycles. The lowest BCUT2D eigenvalue weighted by Gasteiger charge is -2.34. The van der Waals surface area contributed by atoms with Crippen LogP contribution in [-0.4, -0.2) is 88.6 Å². The topological polar surface area (TPSA) is 172 Å². The molecule has 2 amide bonds. The average molecular weight is 878 g/mol. The molecule has 0 spiro atoms. The lowest BCUT2D eigenvalue weighted by atomic mass is 9.94. The number of fused-ring (bicyclic) bond motifs is 2. The van der Waals surface area contributed by atoms with Crippen LogP contribution in [0.1, 0.15) is 90.4 Å². The Bertz CT molecular complexity index is 2360. The van der Waals surface area contributed by atoms with E-state index in [9.17, 15) is 9.59 Å². The summed E-state index contributed by atoms with van der Waals surface area (Å²) in [6, 6.07) is 9.99. The van der Waals surface area contributed by atoms with Crippen molar-refractivity contribution >= 4 is 73.7 Å². The molecule has 4 N–H and O–H groups in total. The number of amides is 2. The number of hydrogen-bond donors (Lipinski definition) is 2. The van der Waals surface area contributed by atoms with E-state index in [-0.39, 0.29) is 24.0 Å². The number of rotatable bonds is 4. The van der Waals surface area contributed by atoms with Crippen LogP contribution in [0.2, 0.25) is 0 Å². The molecule has 8 rings (SSSR count). The number of nitrogen functional groups attached to an aromatic ring is 2. The van der Waals surface area contributed by atoms with E-state index in [0.29, 0.717) is 37.8 Å². The third kappa shape index (κ3) is 9.05. The number of nitrogens with two attached hydrogens (primary N) is 2. The van der Waals surface area contributed by atoms with Gasteiger partial charge in [0.1, 0.15) is 22.8 Å². The first-order valence-electron chi connectivity index (χ1n) is 19.1. The van der Waals surface area contributed by atoms with Gasteiger partial charge in [0.25, 0.3) is 0 Å². The van der Waals surface area contributed by atoms with Gasteiger partial charge in [0.05, 0.1) is 39.4 Å². The first-order chi connectivity index (χ1) is 27.1. The van der Waals surface area contributed by atoms with Crippen LogP contribution in [0.4, 0.5) is 21.2 Å². The lowest BCUT2D eigenvalue weighted by Crippen LogP contribution is -2.42. The van der Waals surface area contributed by atoms with Gasteiger partial charge in [-0.3, -0.25) is 0 Å². The summed E-state index contributed by atoms with van der Waals surface area (Å²) in [5.41, 5.74) is 16.8. The van der Waals surface area contributed by atoms with Crippen molar-refractivity contribution in [2.45, 2.75) is 90.3 Å². The summed E-state index contributed by atoms with van der Waals surface area (Å²) in [7, 11) is 0. The monoisotopic (exact) mass is 876 g/mol. The fourth-order valence-electron chi connectivity index (χ4n) is 7.11. The number of carbonyl (C=O) groups excluding carboxylic acids is 2. The second kappa shape index (κ2) is 16.3. The predicted octanol–water partition coefficient (Wildman–Crippen LogP) is 9.07. The van der Waals surface area contributed by atoms with Crippen molar-refractivity contribution in [3.8, 4) is 20.9 Å². The molecule has 14 nitrogen and oxygen atoms in total. The van der Waals surface area contributed by atoms with Crippen molar-refractivity contribution in [2.75, 3.05) is 37.6 Å². The minimum absolute atomic E-state index is 0.0732. The molecule has 0 radical (unpaired) electrons. The number of halogens is 1. The van der Waals surface area contributed by atoms with Crippen molar-refractivity contribution in [1.82, 2.24) is 39.0 Å². The largest absolute Gasteiger partial charge is 0.444 e. The van der Waals surface area contributed by atoms with Crippen LogP contribution in [0.25, 0.3) is 32.2 Å². The quantitative estimate of drug-likeness (QED) is 0.174. The van der Waals surface area contributed by atoms with E-state index in [1.807, 2.05) is 82.8 Å². The maximum atomic E-state index is 12.6. The van der Waals surface area contributed by atoms with Crippen LogP contribution in [0.3, 0.4) is 0 Å². The Morgan fingerprint density at radius 1 is 0.772 bits per heavy atom. The van der Waals surface area contributed by atoms with Gasteiger partial charge in [0.15, 0.2) is 11.3 Å².